The number of carbonyl (C=O) groups is 1. The Morgan fingerprint density at radius 1 is 1.47 bits per heavy atom. The first-order chi connectivity index (χ1) is 7.70. The predicted octanol–water partition coefficient (Wildman–Crippen LogP) is 3.16. The molecule has 1 aromatic carbocycles. The Labute approximate surface area is 99.8 Å². The van der Waals surface area contributed by atoms with Crippen LogP contribution in [0, 0.1) is 0 Å². The smallest absolute Gasteiger partial charge is 0.507 e. The number of halogens is 4. The molecule has 0 fully saturated rings. The van der Waals surface area contributed by atoms with E-state index in [0.717, 1.165) is 18.2 Å². The van der Waals surface area contributed by atoms with Crippen molar-refractivity contribution in [3.63, 3.8) is 0 Å². The molecule has 94 valence electrons. The third kappa shape index (κ3) is 3.81. The molecule has 0 saturated heterocycles. The van der Waals surface area contributed by atoms with E-state index in [0.29, 0.717) is 0 Å². The molecule has 0 radical (unpaired) electrons. The van der Waals surface area contributed by atoms with Crippen molar-refractivity contribution in [3.8, 4) is 11.5 Å². The second-order valence-corrected chi connectivity index (χ2v) is 3.68. The van der Waals surface area contributed by atoms with Gasteiger partial charge in [0, 0.05) is 11.6 Å². The second-order valence-electron chi connectivity index (χ2n) is 3.24. The number of ketones is 1. The van der Waals surface area contributed by atoms with Gasteiger partial charge in [-0.15, -0.1) is 24.8 Å². The van der Waals surface area contributed by atoms with Crippen LogP contribution < -0.4 is 4.74 Å². The highest BCUT2D eigenvalue weighted by Gasteiger charge is 2.31. The molecule has 0 spiro atoms. The predicted molar refractivity (Wildman–Crippen MR) is 54.1 cm³/mol. The van der Waals surface area contributed by atoms with Crippen LogP contribution in [0.4, 0.5) is 13.2 Å². The van der Waals surface area contributed by atoms with Crippen molar-refractivity contribution in [2.45, 2.75) is 18.7 Å². The third-order valence-corrected chi connectivity index (χ3v) is 2.41. The molecule has 0 saturated carbocycles. The van der Waals surface area contributed by atoms with Crippen LogP contribution in [0.5, 0.6) is 11.5 Å². The zero-order chi connectivity index (χ0) is 13.2. The molecule has 3 nitrogen and oxygen atoms in total. The Morgan fingerprint density at radius 3 is 2.47 bits per heavy atom. The van der Waals surface area contributed by atoms with E-state index < -0.39 is 29.0 Å². The monoisotopic (exact) mass is 268 g/mol. The van der Waals surface area contributed by atoms with Crippen molar-refractivity contribution in [1.29, 1.82) is 0 Å². The van der Waals surface area contributed by atoms with Crippen molar-refractivity contribution in [1.82, 2.24) is 0 Å². The number of benzene rings is 1. The fraction of sp³-hybridized carbons (Fsp3) is 0.300. The first kappa shape index (κ1) is 13.6. The number of carbonyl (C=O) groups excluding carboxylic acids is 1. The summed E-state index contributed by atoms with van der Waals surface area (Å²) in [5.41, 5.74) is 0.0358. The fourth-order valence-electron chi connectivity index (χ4n) is 1.15. The molecule has 0 aliphatic carbocycles. The topological polar surface area (TPSA) is 46.5 Å². The van der Waals surface area contributed by atoms with Gasteiger partial charge in [-0.1, -0.05) is 0 Å². The summed E-state index contributed by atoms with van der Waals surface area (Å²) >= 11 is 5.66. The SMILES string of the molecule is CC(=O)C(Cl)c1ccc(OC(F)(F)F)cc1O. The van der Waals surface area contributed by atoms with Crippen LogP contribution in [-0.2, 0) is 4.79 Å². The number of aromatic hydroxyl groups is 1. The van der Waals surface area contributed by atoms with E-state index in [-0.39, 0.29) is 5.56 Å². The molecule has 0 aromatic heterocycles. The molecule has 17 heavy (non-hydrogen) atoms. The van der Waals surface area contributed by atoms with Crippen molar-refractivity contribution in [3.05, 3.63) is 23.8 Å². The third-order valence-electron chi connectivity index (χ3n) is 1.87. The van der Waals surface area contributed by atoms with E-state index in [1.165, 1.54) is 6.92 Å². The van der Waals surface area contributed by atoms with E-state index in [4.69, 9.17) is 11.6 Å². The number of phenols is 1. The molecule has 0 bridgehead atoms. The number of alkyl halides is 4. The van der Waals surface area contributed by atoms with Gasteiger partial charge in [0.1, 0.15) is 16.9 Å². The molecular weight excluding hydrogens is 261 g/mol. The molecule has 1 unspecified atom stereocenters. The number of rotatable bonds is 3. The Hall–Kier alpha value is -1.43. The average molecular weight is 269 g/mol. The maximum Gasteiger partial charge on any atom is 0.573 e. The summed E-state index contributed by atoms with van der Waals surface area (Å²) in [4.78, 5) is 11.0. The number of phenolic OH excluding ortho intramolecular Hbond substituents is 1. The van der Waals surface area contributed by atoms with Gasteiger partial charge in [0.15, 0.2) is 5.78 Å². The summed E-state index contributed by atoms with van der Waals surface area (Å²) in [5, 5.41) is 8.32. The normalized spacial score (nSPS) is 13.2. The van der Waals surface area contributed by atoms with Crippen LogP contribution in [0.1, 0.15) is 17.9 Å². The molecule has 0 aliphatic rings. The van der Waals surface area contributed by atoms with E-state index in [9.17, 15) is 23.1 Å². The van der Waals surface area contributed by atoms with Crippen molar-refractivity contribution in [2.24, 2.45) is 0 Å². The Bertz CT molecular complexity index is 431. The molecule has 1 aromatic rings. The van der Waals surface area contributed by atoms with Gasteiger partial charge in [-0.3, -0.25) is 4.79 Å². The first-order valence-corrected chi connectivity index (χ1v) is 4.87. The summed E-state index contributed by atoms with van der Waals surface area (Å²) < 4.78 is 39.2. The van der Waals surface area contributed by atoms with Crippen LogP contribution in [0.15, 0.2) is 18.2 Å². The van der Waals surface area contributed by atoms with E-state index in [1.54, 1.807) is 0 Å². The molecule has 0 aliphatic heterocycles. The van der Waals surface area contributed by atoms with Crippen LogP contribution in [-0.4, -0.2) is 17.3 Å². The minimum Gasteiger partial charge on any atom is -0.507 e. The Kier molecular flexibility index (Phi) is 3.87. The lowest BCUT2D eigenvalue weighted by Crippen LogP contribution is -2.17. The molecule has 1 N–H and O–H groups in total. The molecule has 1 rings (SSSR count). The number of hydrogen-bond acceptors (Lipinski definition) is 3. The molecular formula is C10H8ClF3O3. The van der Waals surface area contributed by atoms with Gasteiger partial charge in [-0.2, -0.15) is 0 Å². The lowest BCUT2D eigenvalue weighted by molar-refractivity contribution is -0.274. The number of ether oxygens (including phenoxy) is 1. The zero-order valence-corrected chi connectivity index (χ0v) is 9.34. The summed E-state index contributed by atoms with van der Waals surface area (Å²) in [5.74, 6) is -1.53. The van der Waals surface area contributed by atoms with Gasteiger partial charge < -0.3 is 9.84 Å². The minimum absolute atomic E-state index is 0.0358. The highest BCUT2D eigenvalue weighted by molar-refractivity contribution is 6.31. The molecule has 0 heterocycles. The molecule has 7 heteroatoms. The minimum atomic E-state index is -4.84. The summed E-state index contributed by atoms with van der Waals surface area (Å²) in [6.07, 6.45) is -4.84. The number of Topliss-reactive ketones (excluding diaryl/α,β-unsaturated/α-hetero) is 1. The summed E-state index contributed by atoms with van der Waals surface area (Å²) in [7, 11) is 0. The van der Waals surface area contributed by atoms with Gasteiger partial charge in [-0.05, 0) is 19.1 Å². The Morgan fingerprint density at radius 2 is 2.06 bits per heavy atom. The lowest BCUT2D eigenvalue weighted by atomic mass is 10.1. The van der Waals surface area contributed by atoms with E-state index in [1.807, 2.05) is 0 Å². The highest BCUT2D eigenvalue weighted by atomic mass is 35.5. The van der Waals surface area contributed by atoms with Gasteiger partial charge in [-0.25, -0.2) is 0 Å². The van der Waals surface area contributed by atoms with Gasteiger partial charge in [0.25, 0.3) is 0 Å². The van der Waals surface area contributed by atoms with Crippen molar-refractivity contribution < 1.29 is 27.8 Å². The largest absolute Gasteiger partial charge is 0.573 e. The maximum atomic E-state index is 11.9. The number of hydrogen-bond donors (Lipinski definition) is 1. The maximum absolute atomic E-state index is 11.9. The molecule has 0 amide bonds. The van der Waals surface area contributed by atoms with Crippen LogP contribution in [0.2, 0.25) is 0 Å². The highest BCUT2D eigenvalue weighted by Crippen LogP contribution is 2.34. The van der Waals surface area contributed by atoms with Gasteiger partial charge in [0.05, 0.1) is 0 Å². The van der Waals surface area contributed by atoms with Crippen LogP contribution in [0.3, 0.4) is 0 Å². The molecule has 1 atom stereocenters. The lowest BCUT2D eigenvalue weighted by Gasteiger charge is -2.12. The second kappa shape index (κ2) is 4.83. The van der Waals surface area contributed by atoms with E-state index >= 15 is 0 Å². The zero-order valence-electron chi connectivity index (χ0n) is 8.58. The van der Waals surface area contributed by atoms with E-state index in [2.05, 4.69) is 4.74 Å². The average Bonchev–Trinajstić information content (AvgIpc) is 2.14. The van der Waals surface area contributed by atoms with Crippen LogP contribution in [0.25, 0.3) is 0 Å². The van der Waals surface area contributed by atoms with Gasteiger partial charge in [0.2, 0.25) is 0 Å². The van der Waals surface area contributed by atoms with Crippen LogP contribution >= 0.6 is 11.6 Å². The Balaban J connectivity index is 2.98. The fourth-order valence-corrected chi connectivity index (χ4v) is 1.34. The standard InChI is InChI=1S/C10H8ClF3O3/c1-5(15)9(11)7-3-2-6(4-8(7)16)17-10(12,13)14/h2-4,9,16H,1H3. The van der Waals surface area contributed by atoms with Crippen molar-refractivity contribution >= 4 is 17.4 Å². The quantitative estimate of drug-likeness (QED) is 0.857. The van der Waals surface area contributed by atoms with Gasteiger partial charge >= 0.3 is 6.36 Å². The van der Waals surface area contributed by atoms with Crippen molar-refractivity contribution in [2.75, 3.05) is 0 Å². The summed E-state index contributed by atoms with van der Waals surface area (Å²) in [6.45, 7) is 1.21. The first-order valence-electron chi connectivity index (χ1n) is 4.44. The summed E-state index contributed by atoms with van der Waals surface area (Å²) in [6, 6.07) is 2.83.